The summed E-state index contributed by atoms with van der Waals surface area (Å²) in [5.74, 6) is 0.248. The molecule has 25 heavy (non-hydrogen) atoms. The van der Waals surface area contributed by atoms with Crippen molar-refractivity contribution in [2.45, 2.75) is 45.8 Å². The molecule has 2 amide bonds. The van der Waals surface area contributed by atoms with Crippen LogP contribution < -0.4 is 10.6 Å². The SMILES string of the molecule is CC(C)(C)OC(=O)Nc1cccc(C(=O)NC(C)(C)c2ncn[nH]2)c1. The van der Waals surface area contributed by atoms with Gasteiger partial charge in [0.15, 0.2) is 0 Å². The van der Waals surface area contributed by atoms with E-state index in [0.29, 0.717) is 17.1 Å². The van der Waals surface area contributed by atoms with Gasteiger partial charge in [-0.15, -0.1) is 0 Å². The van der Waals surface area contributed by atoms with Crippen LogP contribution >= 0.6 is 0 Å². The standard InChI is InChI=1S/C17H23N5O3/c1-16(2,3)25-15(24)20-12-8-6-7-11(9-12)13(23)21-17(4,5)14-18-10-19-22-14/h6-10H,1-5H3,(H,20,24)(H,21,23)(H,18,19,22). The maximum atomic E-state index is 12.5. The molecule has 0 atom stereocenters. The summed E-state index contributed by atoms with van der Waals surface area (Å²) in [4.78, 5) is 28.4. The van der Waals surface area contributed by atoms with E-state index in [9.17, 15) is 9.59 Å². The van der Waals surface area contributed by atoms with Gasteiger partial charge >= 0.3 is 6.09 Å². The summed E-state index contributed by atoms with van der Waals surface area (Å²) in [6.07, 6.45) is 0.807. The first-order chi connectivity index (χ1) is 11.6. The minimum atomic E-state index is -0.720. The first kappa shape index (κ1) is 18.4. The van der Waals surface area contributed by atoms with Crippen molar-refractivity contribution in [3.8, 4) is 0 Å². The molecule has 1 heterocycles. The van der Waals surface area contributed by atoms with Crippen molar-refractivity contribution in [1.82, 2.24) is 20.5 Å². The Labute approximate surface area is 146 Å². The van der Waals surface area contributed by atoms with Crippen molar-refractivity contribution in [3.63, 3.8) is 0 Å². The lowest BCUT2D eigenvalue weighted by Crippen LogP contribution is -2.41. The van der Waals surface area contributed by atoms with Gasteiger partial charge in [-0.25, -0.2) is 9.78 Å². The van der Waals surface area contributed by atoms with Crippen LogP contribution in [0.25, 0.3) is 0 Å². The third kappa shape index (κ3) is 5.30. The van der Waals surface area contributed by atoms with Gasteiger partial charge in [0, 0.05) is 11.3 Å². The lowest BCUT2D eigenvalue weighted by molar-refractivity contribution is 0.0635. The number of anilines is 1. The number of H-pyrrole nitrogens is 1. The zero-order valence-corrected chi connectivity index (χ0v) is 15.0. The van der Waals surface area contributed by atoms with Crippen LogP contribution in [0.1, 0.15) is 50.8 Å². The molecule has 0 saturated carbocycles. The summed E-state index contributed by atoms with van der Waals surface area (Å²) in [6.45, 7) is 8.97. The second-order valence-corrected chi connectivity index (χ2v) is 7.12. The van der Waals surface area contributed by atoms with Crippen LogP contribution in [-0.2, 0) is 10.3 Å². The van der Waals surface area contributed by atoms with Crippen LogP contribution in [-0.4, -0.2) is 32.8 Å². The Hall–Kier alpha value is -2.90. The number of carbonyl (C=O) groups excluding carboxylic acids is 2. The summed E-state index contributed by atoms with van der Waals surface area (Å²) in [5, 5.41) is 12.0. The molecular formula is C17H23N5O3. The highest BCUT2D eigenvalue weighted by Crippen LogP contribution is 2.18. The van der Waals surface area contributed by atoms with Crippen LogP contribution in [0.4, 0.5) is 10.5 Å². The summed E-state index contributed by atoms with van der Waals surface area (Å²) in [7, 11) is 0. The predicted octanol–water partition coefficient (Wildman–Crippen LogP) is 2.82. The fraction of sp³-hybridized carbons (Fsp3) is 0.412. The van der Waals surface area contributed by atoms with Gasteiger partial charge in [0.05, 0.1) is 5.54 Å². The average Bonchev–Trinajstić information content (AvgIpc) is 3.00. The van der Waals surface area contributed by atoms with Crippen molar-refractivity contribution in [3.05, 3.63) is 42.0 Å². The average molecular weight is 345 g/mol. The molecule has 134 valence electrons. The quantitative estimate of drug-likeness (QED) is 0.789. The molecule has 8 heteroatoms. The Morgan fingerprint density at radius 2 is 1.88 bits per heavy atom. The highest BCUT2D eigenvalue weighted by Gasteiger charge is 2.26. The molecule has 0 aliphatic heterocycles. The first-order valence-corrected chi connectivity index (χ1v) is 7.85. The van der Waals surface area contributed by atoms with E-state index in [2.05, 4.69) is 25.8 Å². The van der Waals surface area contributed by atoms with Gasteiger partial charge in [-0.05, 0) is 52.8 Å². The third-order valence-electron chi connectivity index (χ3n) is 3.20. The number of nitrogens with one attached hydrogen (secondary N) is 3. The van der Waals surface area contributed by atoms with E-state index in [4.69, 9.17) is 4.74 Å². The van der Waals surface area contributed by atoms with Crippen molar-refractivity contribution in [2.75, 3.05) is 5.32 Å². The molecule has 0 aliphatic carbocycles. The van der Waals surface area contributed by atoms with E-state index in [1.54, 1.807) is 45.0 Å². The number of carbonyl (C=O) groups is 2. The molecule has 0 saturated heterocycles. The summed E-state index contributed by atoms with van der Waals surface area (Å²) >= 11 is 0. The summed E-state index contributed by atoms with van der Waals surface area (Å²) in [6, 6.07) is 6.60. The Morgan fingerprint density at radius 3 is 2.48 bits per heavy atom. The van der Waals surface area contributed by atoms with E-state index >= 15 is 0 Å². The summed E-state index contributed by atoms with van der Waals surface area (Å²) < 4.78 is 5.20. The fourth-order valence-electron chi connectivity index (χ4n) is 2.08. The lowest BCUT2D eigenvalue weighted by Gasteiger charge is -2.23. The third-order valence-corrected chi connectivity index (χ3v) is 3.20. The van der Waals surface area contributed by atoms with Crippen LogP contribution in [0, 0.1) is 0 Å². The Bertz CT molecular complexity index is 748. The second-order valence-electron chi connectivity index (χ2n) is 7.12. The normalized spacial score (nSPS) is 11.7. The van der Waals surface area contributed by atoms with Crippen molar-refractivity contribution < 1.29 is 14.3 Å². The highest BCUT2D eigenvalue weighted by molar-refractivity contribution is 5.96. The fourth-order valence-corrected chi connectivity index (χ4v) is 2.08. The minimum absolute atomic E-state index is 0.297. The zero-order valence-electron chi connectivity index (χ0n) is 15.0. The van der Waals surface area contributed by atoms with Gasteiger partial charge in [0.2, 0.25) is 0 Å². The smallest absolute Gasteiger partial charge is 0.412 e. The number of hydrogen-bond acceptors (Lipinski definition) is 5. The molecule has 8 nitrogen and oxygen atoms in total. The number of hydrogen-bond donors (Lipinski definition) is 3. The van der Waals surface area contributed by atoms with Gasteiger partial charge in [0.1, 0.15) is 17.8 Å². The van der Waals surface area contributed by atoms with Gasteiger partial charge in [-0.1, -0.05) is 6.07 Å². The highest BCUT2D eigenvalue weighted by atomic mass is 16.6. The van der Waals surface area contributed by atoms with Crippen molar-refractivity contribution in [2.24, 2.45) is 0 Å². The number of aromatic amines is 1. The first-order valence-electron chi connectivity index (χ1n) is 7.85. The molecule has 0 spiro atoms. The molecule has 2 rings (SSSR count). The molecule has 0 radical (unpaired) electrons. The van der Waals surface area contributed by atoms with E-state index in [1.165, 1.54) is 6.33 Å². The number of rotatable bonds is 4. The molecule has 1 aromatic heterocycles. The Balaban J connectivity index is 2.07. The molecular weight excluding hydrogens is 322 g/mol. The van der Waals surface area contributed by atoms with Gasteiger partial charge in [-0.3, -0.25) is 15.2 Å². The monoisotopic (exact) mass is 345 g/mol. The molecule has 2 aromatic rings. The van der Waals surface area contributed by atoms with Gasteiger partial charge in [-0.2, -0.15) is 5.10 Å². The zero-order chi connectivity index (χ0) is 18.7. The number of benzene rings is 1. The predicted molar refractivity (Wildman–Crippen MR) is 93.2 cm³/mol. The summed E-state index contributed by atoms with van der Waals surface area (Å²) in [5.41, 5.74) is -0.442. The number of amides is 2. The van der Waals surface area contributed by atoms with Crippen LogP contribution in [0.5, 0.6) is 0 Å². The molecule has 0 fully saturated rings. The Morgan fingerprint density at radius 1 is 1.16 bits per heavy atom. The van der Waals surface area contributed by atoms with Crippen molar-refractivity contribution in [1.29, 1.82) is 0 Å². The largest absolute Gasteiger partial charge is 0.444 e. The maximum absolute atomic E-state index is 12.5. The Kier molecular flexibility index (Phi) is 5.10. The topological polar surface area (TPSA) is 109 Å². The minimum Gasteiger partial charge on any atom is -0.444 e. The number of aromatic nitrogens is 3. The van der Waals surface area contributed by atoms with E-state index < -0.39 is 17.2 Å². The van der Waals surface area contributed by atoms with Gasteiger partial charge in [0.25, 0.3) is 5.91 Å². The molecule has 0 aliphatic rings. The lowest BCUT2D eigenvalue weighted by atomic mass is 10.0. The molecule has 1 aromatic carbocycles. The second kappa shape index (κ2) is 6.92. The molecule has 3 N–H and O–H groups in total. The van der Waals surface area contributed by atoms with Gasteiger partial charge < -0.3 is 10.1 Å². The molecule has 0 unspecified atom stereocenters. The maximum Gasteiger partial charge on any atom is 0.412 e. The molecule has 0 bridgehead atoms. The van der Waals surface area contributed by atoms with Crippen LogP contribution in [0.3, 0.4) is 0 Å². The number of nitrogens with zero attached hydrogens (tertiary/aromatic N) is 2. The van der Waals surface area contributed by atoms with E-state index in [1.807, 2.05) is 13.8 Å². The van der Waals surface area contributed by atoms with Crippen LogP contribution in [0.2, 0.25) is 0 Å². The van der Waals surface area contributed by atoms with E-state index in [0.717, 1.165) is 0 Å². The van der Waals surface area contributed by atoms with E-state index in [-0.39, 0.29) is 5.91 Å². The van der Waals surface area contributed by atoms with Crippen molar-refractivity contribution >= 4 is 17.7 Å². The van der Waals surface area contributed by atoms with Crippen LogP contribution in [0.15, 0.2) is 30.6 Å². The number of ether oxygens (including phenoxy) is 1.